The van der Waals surface area contributed by atoms with Crippen molar-refractivity contribution >= 4 is 17.5 Å². The van der Waals surface area contributed by atoms with Crippen LogP contribution >= 0.6 is 11.6 Å². The van der Waals surface area contributed by atoms with Gasteiger partial charge in [-0.2, -0.15) is 0 Å². The van der Waals surface area contributed by atoms with Crippen molar-refractivity contribution in [3.05, 3.63) is 34.6 Å². The molecule has 0 bridgehead atoms. The Labute approximate surface area is 105 Å². The van der Waals surface area contributed by atoms with Gasteiger partial charge in [-0.3, -0.25) is 10.2 Å². The van der Waals surface area contributed by atoms with Gasteiger partial charge in [0.25, 0.3) is 0 Å². The summed E-state index contributed by atoms with van der Waals surface area (Å²) in [6, 6.07) is 4.52. The van der Waals surface area contributed by atoms with E-state index in [0.717, 1.165) is 12.8 Å². The van der Waals surface area contributed by atoms with E-state index in [2.05, 4.69) is 10.9 Å². The Morgan fingerprint density at radius 3 is 2.88 bits per heavy atom. The van der Waals surface area contributed by atoms with Crippen molar-refractivity contribution in [2.75, 3.05) is 7.05 Å². The second-order valence-electron chi connectivity index (χ2n) is 3.74. The Hall–Kier alpha value is -1.13. The van der Waals surface area contributed by atoms with Gasteiger partial charge in [-0.25, -0.2) is 9.82 Å². The molecule has 0 heterocycles. The van der Waals surface area contributed by atoms with Crippen LogP contribution in [0.2, 0.25) is 5.02 Å². The lowest BCUT2D eigenvalue weighted by molar-refractivity contribution is -0.122. The molecule has 94 valence electrons. The number of hydrogen-bond acceptors (Lipinski definition) is 2. The molecular weight excluding hydrogens is 243 g/mol. The maximum Gasteiger partial charge on any atom is 0.234 e. The lowest BCUT2D eigenvalue weighted by atomic mass is 10.1. The number of halogens is 2. The molecule has 1 amide bonds. The zero-order chi connectivity index (χ0) is 12.7. The number of unbranched alkanes of at least 4 members (excludes halogenated alkanes) is 1. The molecule has 0 saturated heterocycles. The van der Waals surface area contributed by atoms with Gasteiger partial charge in [-0.15, -0.1) is 0 Å². The summed E-state index contributed by atoms with van der Waals surface area (Å²) in [5.74, 6) is -0.298. The summed E-state index contributed by atoms with van der Waals surface area (Å²) in [4.78, 5) is 11.1. The summed E-state index contributed by atoms with van der Waals surface area (Å²) in [5, 5.41) is 0.536. The lowest BCUT2D eigenvalue weighted by Crippen LogP contribution is -2.33. The number of amides is 1. The fraction of sp³-hybridized carbons (Fsp3) is 0.417. The normalized spacial score (nSPS) is 10.3. The number of carbonyl (C=O) groups is 1. The van der Waals surface area contributed by atoms with Gasteiger partial charge < -0.3 is 0 Å². The van der Waals surface area contributed by atoms with Crippen LogP contribution in [0.5, 0.6) is 0 Å². The summed E-state index contributed by atoms with van der Waals surface area (Å²) in [6.07, 6.45) is 2.51. The monoisotopic (exact) mass is 258 g/mol. The molecule has 0 fully saturated rings. The van der Waals surface area contributed by atoms with Gasteiger partial charge in [-0.05, 0) is 43.0 Å². The van der Waals surface area contributed by atoms with Crippen molar-refractivity contribution in [1.82, 2.24) is 10.9 Å². The van der Waals surface area contributed by atoms with E-state index in [1.165, 1.54) is 12.1 Å². The first kappa shape index (κ1) is 13.9. The van der Waals surface area contributed by atoms with Crippen LogP contribution in [-0.2, 0) is 11.2 Å². The summed E-state index contributed by atoms with van der Waals surface area (Å²) in [6.45, 7) is 0. The van der Waals surface area contributed by atoms with Gasteiger partial charge in [0.15, 0.2) is 0 Å². The fourth-order valence-corrected chi connectivity index (χ4v) is 1.73. The predicted octanol–water partition coefficient (Wildman–Crippen LogP) is 2.44. The molecule has 0 radical (unpaired) electrons. The predicted molar refractivity (Wildman–Crippen MR) is 66.2 cm³/mol. The largest absolute Gasteiger partial charge is 0.292 e. The Kier molecular flexibility index (Phi) is 5.94. The second-order valence-corrected chi connectivity index (χ2v) is 4.18. The second kappa shape index (κ2) is 7.25. The Morgan fingerprint density at radius 2 is 2.18 bits per heavy atom. The van der Waals surface area contributed by atoms with E-state index >= 15 is 0 Å². The molecule has 0 aliphatic carbocycles. The fourth-order valence-electron chi connectivity index (χ4n) is 1.54. The highest BCUT2D eigenvalue weighted by Crippen LogP contribution is 2.17. The van der Waals surface area contributed by atoms with E-state index in [1.807, 2.05) is 0 Å². The molecule has 0 atom stereocenters. The first-order valence-corrected chi connectivity index (χ1v) is 5.91. The number of hydrazine groups is 1. The summed E-state index contributed by atoms with van der Waals surface area (Å²) in [5.41, 5.74) is 5.65. The topological polar surface area (TPSA) is 41.1 Å². The minimum absolute atomic E-state index is 0.0564. The van der Waals surface area contributed by atoms with Crippen LogP contribution in [0.1, 0.15) is 24.8 Å². The zero-order valence-corrected chi connectivity index (χ0v) is 10.5. The van der Waals surface area contributed by atoms with Crippen LogP contribution < -0.4 is 10.9 Å². The number of nitrogens with one attached hydrogen (secondary N) is 2. The number of benzene rings is 1. The van der Waals surface area contributed by atoms with Crippen molar-refractivity contribution in [3.8, 4) is 0 Å². The number of aryl methyl sites for hydroxylation is 1. The first-order valence-electron chi connectivity index (χ1n) is 5.53. The minimum atomic E-state index is -0.242. The number of carbonyl (C=O) groups excluding carboxylic acids is 1. The molecular formula is C12H16ClFN2O. The van der Waals surface area contributed by atoms with Crippen molar-refractivity contribution in [3.63, 3.8) is 0 Å². The molecule has 1 aromatic rings. The third kappa shape index (κ3) is 5.15. The number of hydrogen-bond donors (Lipinski definition) is 2. The van der Waals surface area contributed by atoms with Gasteiger partial charge in [0.2, 0.25) is 5.91 Å². The molecule has 1 aromatic carbocycles. The SMILES string of the molecule is CNNC(=O)CCCCc1cc(Cl)ccc1F. The van der Waals surface area contributed by atoms with Crippen molar-refractivity contribution in [2.45, 2.75) is 25.7 Å². The Balaban J connectivity index is 2.31. The molecule has 3 nitrogen and oxygen atoms in total. The molecule has 0 saturated carbocycles. The third-order valence-corrected chi connectivity index (χ3v) is 2.61. The third-order valence-electron chi connectivity index (χ3n) is 2.37. The average molecular weight is 259 g/mol. The van der Waals surface area contributed by atoms with Crippen molar-refractivity contribution < 1.29 is 9.18 Å². The van der Waals surface area contributed by atoms with E-state index in [0.29, 0.717) is 23.4 Å². The number of rotatable bonds is 6. The van der Waals surface area contributed by atoms with Crippen LogP contribution in [0.3, 0.4) is 0 Å². The smallest absolute Gasteiger partial charge is 0.234 e. The summed E-state index contributed by atoms with van der Waals surface area (Å²) in [7, 11) is 1.64. The van der Waals surface area contributed by atoms with E-state index < -0.39 is 0 Å². The Bertz CT molecular complexity index is 385. The highest BCUT2D eigenvalue weighted by Gasteiger charge is 2.04. The maximum absolute atomic E-state index is 13.3. The van der Waals surface area contributed by atoms with Gasteiger partial charge in [0.1, 0.15) is 5.82 Å². The maximum atomic E-state index is 13.3. The van der Waals surface area contributed by atoms with Gasteiger partial charge in [0, 0.05) is 18.5 Å². The standard InChI is InChI=1S/C12H16ClFN2O/c1-15-16-12(17)5-3-2-4-9-8-10(13)6-7-11(9)14/h6-8,15H,2-5H2,1H3,(H,16,17). The molecule has 0 aromatic heterocycles. The highest BCUT2D eigenvalue weighted by molar-refractivity contribution is 6.30. The summed E-state index contributed by atoms with van der Waals surface area (Å²) >= 11 is 5.78. The minimum Gasteiger partial charge on any atom is -0.292 e. The zero-order valence-electron chi connectivity index (χ0n) is 9.72. The van der Waals surface area contributed by atoms with Crippen molar-refractivity contribution in [1.29, 1.82) is 0 Å². The molecule has 0 aliphatic heterocycles. The molecule has 0 aliphatic rings. The van der Waals surface area contributed by atoms with E-state index in [1.54, 1.807) is 13.1 Å². The van der Waals surface area contributed by atoms with E-state index in [9.17, 15) is 9.18 Å². The van der Waals surface area contributed by atoms with Crippen LogP contribution in [0.15, 0.2) is 18.2 Å². The molecule has 2 N–H and O–H groups in total. The summed E-state index contributed by atoms with van der Waals surface area (Å²) < 4.78 is 13.3. The van der Waals surface area contributed by atoms with E-state index in [-0.39, 0.29) is 11.7 Å². The van der Waals surface area contributed by atoms with Gasteiger partial charge >= 0.3 is 0 Å². The van der Waals surface area contributed by atoms with Crippen LogP contribution in [0.25, 0.3) is 0 Å². The highest BCUT2D eigenvalue weighted by atomic mass is 35.5. The molecule has 17 heavy (non-hydrogen) atoms. The average Bonchev–Trinajstić information content (AvgIpc) is 2.29. The molecule has 1 rings (SSSR count). The molecule has 0 spiro atoms. The molecule has 5 heteroatoms. The Morgan fingerprint density at radius 1 is 1.41 bits per heavy atom. The van der Waals surface area contributed by atoms with Crippen LogP contribution in [-0.4, -0.2) is 13.0 Å². The lowest BCUT2D eigenvalue weighted by Gasteiger charge is -2.04. The first-order chi connectivity index (χ1) is 8.13. The van der Waals surface area contributed by atoms with Crippen molar-refractivity contribution in [2.24, 2.45) is 0 Å². The molecule has 0 unspecified atom stereocenters. The van der Waals surface area contributed by atoms with Gasteiger partial charge in [0.05, 0.1) is 0 Å². The quantitative estimate of drug-likeness (QED) is 0.608. The van der Waals surface area contributed by atoms with Crippen LogP contribution in [0, 0.1) is 5.82 Å². The van der Waals surface area contributed by atoms with E-state index in [4.69, 9.17) is 11.6 Å². The van der Waals surface area contributed by atoms with Gasteiger partial charge in [-0.1, -0.05) is 11.6 Å². The van der Waals surface area contributed by atoms with Crippen LogP contribution in [0.4, 0.5) is 4.39 Å².